The summed E-state index contributed by atoms with van der Waals surface area (Å²) in [6.45, 7) is 2.04. The number of hydrogen-bond donors (Lipinski definition) is 1. The van der Waals surface area contributed by atoms with Gasteiger partial charge in [-0.2, -0.15) is 5.26 Å². The Morgan fingerprint density at radius 1 is 1.26 bits per heavy atom. The summed E-state index contributed by atoms with van der Waals surface area (Å²) in [6, 6.07) is 13.8. The van der Waals surface area contributed by atoms with Gasteiger partial charge in [-0.1, -0.05) is 22.0 Å². The third-order valence-corrected chi connectivity index (χ3v) is 3.57. The Morgan fingerprint density at radius 2 is 2.11 bits per heavy atom. The molecule has 0 saturated heterocycles. The van der Waals surface area contributed by atoms with E-state index in [0.717, 1.165) is 32.5 Å². The van der Waals surface area contributed by atoms with Crippen molar-refractivity contribution in [1.29, 1.82) is 5.26 Å². The van der Waals surface area contributed by atoms with Crippen LogP contribution in [0.5, 0.6) is 0 Å². The van der Waals surface area contributed by atoms with E-state index in [1.165, 1.54) is 0 Å². The van der Waals surface area contributed by atoms with Crippen molar-refractivity contribution in [2.24, 2.45) is 0 Å². The molecule has 3 rings (SSSR count). The molecule has 0 spiro atoms. The average Bonchev–Trinajstić information content (AvgIpc) is 2.81. The second-order valence-corrected chi connectivity index (χ2v) is 5.27. The first-order valence-corrected chi connectivity index (χ1v) is 6.63. The summed E-state index contributed by atoms with van der Waals surface area (Å²) in [5.41, 5.74) is 4.38. The Hall–Kier alpha value is -2.12. The number of halogens is 1. The predicted octanol–water partition coefficient (Wildman–Crippen LogP) is 4.17. The third kappa shape index (κ3) is 2.02. The minimum Gasteiger partial charge on any atom is -0.338 e. The molecule has 0 aliphatic carbocycles. The van der Waals surface area contributed by atoms with Crippen LogP contribution in [0.25, 0.3) is 22.4 Å². The van der Waals surface area contributed by atoms with Gasteiger partial charge in [-0.25, -0.2) is 4.98 Å². The van der Waals surface area contributed by atoms with Crippen LogP contribution in [-0.4, -0.2) is 9.97 Å². The van der Waals surface area contributed by atoms with Crippen LogP contribution in [0.3, 0.4) is 0 Å². The lowest BCUT2D eigenvalue weighted by atomic mass is 10.1. The molecule has 0 saturated carbocycles. The largest absolute Gasteiger partial charge is 0.338 e. The highest BCUT2D eigenvalue weighted by Crippen LogP contribution is 2.26. The van der Waals surface area contributed by atoms with Crippen molar-refractivity contribution in [2.75, 3.05) is 0 Å². The number of aromatic amines is 1. The quantitative estimate of drug-likeness (QED) is 0.733. The standard InChI is InChI=1S/C15H10BrN3/c1-9-7-11(16)5-6-12(9)15-18-13-4-2-3-10(8-17)14(13)19-15/h2-7H,1H3,(H,18,19). The van der Waals surface area contributed by atoms with Crippen molar-refractivity contribution in [1.82, 2.24) is 9.97 Å². The number of hydrogen-bond acceptors (Lipinski definition) is 2. The van der Waals surface area contributed by atoms with Gasteiger partial charge in [-0.15, -0.1) is 0 Å². The second kappa shape index (κ2) is 4.52. The van der Waals surface area contributed by atoms with E-state index in [2.05, 4.69) is 32.0 Å². The monoisotopic (exact) mass is 311 g/mol. The van der Waals surface area contributed by atoms with Crippen LogP contribution < -0.4 is 0 Å². The van der Waals surface area contributed by atoms with Crippen LogP contribution in [-0.2, 0) is 0 Å². The van der Waals surface area contributed by atoms with Crippen molar-refractivity contribution in [3.05, 3.63) is 52.0 Å². The van der Waals surface area contributed by atoms with E-state index in [9.17, 15) is 0 Å². The van der Waals surface area contributed by atoms with Crippen molar-refractivity contribution < 1.29 is 0 Å². The molecule has 2 aromatic carbocycles. The maximum Gasteiger partial charge on any atom is 0.138 e. The molecule has 1 heterocycles. The van der Waals surface area contributed by atoms with Crippen molar-refractivity contribution >= 4 is 27.0 Å². The molecule has 1 N–H and O–H groups in total. The van der Waals surface area contributed by atoms with Gasteiger partial charge >= 0.3 is 0 Å². The number of rotatable bonds is 1. The molecular formula is C15H10BrN3. The summed E-state index contributed by atoms with van der Waals surface area (Å²) >= 11 is 3.45. The van der Waals surface area contributed by atoms with Gasteiger partial charge in [0.2, 0.25) is 0 Å². The maximum absolute atomic E-state index is 9.10. The van der Waals surface area contributed by atoms with Gasteiger partial charge in [0.05, 0.1) is 11.1 Å². The fourth-order valence-electron chi connectivity index (χ4n) is 2.14. The van der Waals surface area contributed by atoms with Gasteiger partial charge in [0.15, 0.2) is 0 Å². The van der Waals surface area contributed by atoms with E-state index in [4.69, 9.17) is 5.26 Å². The third-order valence-electron chi connectivity index (χ3n) is 3.08. The highest BCUT2D eigenvalue weighted by molar-refractivity contribution is 9.10. The normalized spacial score (nSPS) is 10.6. The summed E-state index contributed by atoms with van der Waals surface area (Å²) in [5, 5.41) is 9.10. The van der Waals surface area contributed by atoms with E-state index in [1.807, 2.05) is 37.3 Å². The number of nitrogens with zero attached hydrogens (tertiary/aromatic N) is 2. The van der Waals surface area contributed by atoms with Crippen LogP contribution in [0.4, 0.5) is 0 Å². The molecule has 3 nitrogen and oxygen atoms in total. The zero-order chi connectivity index (χ0) is 13.4. The fraction of sp³-hybridized carbons (Fsp3) is 0.0667. The molecule has 0 fully saturated rings. The zero-order valence-corrected chi connectivity index (χ0v) is 11.8. The van der Waals surface area contributed by atoms with Crippen molar-refractivity contribution in [2.45, 2.75) is 6.92 Å². The molecule has 0 amide bonds. The average molecular weight is 312 g/mol. The van der Waals surface area contributed by atoms with Crippen LogP contribution in [0.1, 0.15) is 11.1 Å². The Bertz CT molecular complexity index is 812. The van der Waals surface area contributed by atoms with E-state index < -0.39 is 0 Å². The Kier molecular flexibility index (Phi) is 2.84. The van der Waals surface area contributed by atoms with E-state index >= 15 is 0 Å². The van der Waals surface area contributed by atoms with Crippen LogP contribution in [0.2, 0.25) is 0 Å². The zero-order valence-electron chi connectivity index (χ0n) is 10.2. The first-order chi connectivity index (χ1) is 9.19. The molecule has 0 unspecified atom stereocenters. The number of H-pyrrole nitrogens is 1. The lowest BCUT2D eigenvalue weighted by Crippen LogP contribution is -1.85. The summed E-state index contributed by atoms with van der Waals surface area (Å²) < 4.78 is 1.04. The first-order valence-electron chi connectivity index (χ1n) is 5.84. The summed E-state index contributed by atoms with van der Waals surface area (Å²) in [6.07, 6.45) is 0. The van der Waals surface area contributed by atoms with Gasteiger partial charge in [0.1, 0.15) is 17.4 Å². The molecule has 0 aliphatic heterocycles. The van der Waals surface area contributed by atoms with E-state index in [0.29, 0.717) is 5.56 Å². The number of fused-ring (bicyclic) bond motifs is 1. The summed E-state index contributed by atoms with van der Waals surface area (Å²) in [5.74, 6) is 0.794. The molecule has 4 heteroatoms. The molecule has 0 atom stereocenters. The number of benzene rings is 2. The molecule has 92 valence electrons. The highest BCUT2D eigenvalue weighted by Gasteiger charge is 2.10. The minimum absolute atomic E-state index is 0.592. The SMILES string of the molecule is Cc1cc(Br)ccc1-c1nc2c(C#N)cccc2[nH]1. The molecule has 0 aliphatic rings. The van der Waals surface area contributed by atoms with Crippen LogP contribution in [0, 0.1) is 18.3 Å². The summed E-state index contributed by atoms with van der Waals surface area (Å²) in [4.78, 5) is 7.82. The number of nitriles is 1. The van der Waals surface area contributed by atoms with Crippen LogP contribution in [0.15, 0.2) is 40.9 Å². The topological polar surface area (TPSA) is 52.5 Å². The Labute approximate surface area is 119 Å². The number of aromatic nitrogens is 2. The molecule has 1 aromatic heterocycles. The first kappa shape index (κ1) is 11.9. The van der Waals surface area contributed by atoms with Crippen molar-refractivity contribution in [3.8, 4) is 17.5 Å². The molecule has 0 radical (unpaired) electrons. The molecule has 3 aromatic rings. The number of para-hydroxylation sites is 1. The summed E-state index contributed by atoms with van der Waals surface area (Å²) in [7, 11) is 0. The van der Waals surface area contributed by atoms with Gasteiger partial charge < -0.3 is 4.98 Å². The van der Waals surface area contributed by atoms with Gasteiger partial charge in [0.25, 0.3) is 0 Å². The highest BCUT2D eigenvalue weighted by atomic mass is 79.9. The smallest absolute Gasteiger partial charge is 0.138 e. The fourth-order valence-corrected chi connectivity index (χ4v) is 2.62. The number of nitrogens with one attached hydrogen (secondary N) is 1. The lowest BCUT2D eigenvalue weighted by molar-refractivity contribution is 1.30. The lowest BCUT2D eigenvalue weighted by Gasteiger charge is -2.02. The Balaban J connectivity index is 2.24. The Morgan fingerprint density at radius 3 is 2.84 bits per heavy atom. The second-order valence-electron chi connectivity index (χ2n) is 4.36. The van der Waals surface area contributed by atoms with E-state index in [-0.39, 0.29) is 0 Å². The van der Waals surface area contributed by atoms with Gasteiger partial charge in [0, 0.05) is 10.0 Å². The molecule has 19 heavy (non-hydrogen) atoms. The van der Waals surface area contributed by atoms with Gasteiger partial charge in [-0.05, 0) is 42.8 Å². The molecule has 0 bridgehead atoms. The van der Waals surface area contributed by atoms with Crippen LogP contribution >= 0.6 is 15.9 Å². The molecular weight excluding hydrogens is 302 g/mol. The van der Waals surface area contributed by atoms with Gasteiger partial charge in [-0.3, -0.25) is 0 Å². The number of aryl methyl sites for hydroxylation is 1. The minimum atomic E-state index is 0.592. The number of imidazole rings is 1. The van der Waals surface area contributed by atoms with Crippen molar-refractivity contribution in [3.63, 3.8) is 0 Å². The van der Waals surface area contributed by atoms with E-state index in [1.54, 1.807) is 6.07 Å². The predicted molar refractivity (Wildman–Crippen MR) is 78.7 cm³/mol. The maximum atomic E-state index is 9.10.